The SMILES string of the molecule is CCN(CC1CC1)C(=O)c1ccccc1CSc1nc2ccccc2[nH]1. The fourth-order valence-electron chi connectivity index (χ4n) is 3.14. The van der Waals surface area contributed by atoms with E-state index in [0.717, 1.165) is 46.2 Å². The molecule has 0 radical (unpaired) electrons. The van der Waals surface area contributed by atoms with Gasteiger partial charge in [0, 0.05) is 24.4 Å². The first-order chi connectivity index (χ1) is 12.7. The van der Waals surface area contributed by atoms with Gasteiger partial charge in [-0.3, -0.25) is 4.79 Å². The largest absolute Gasteiger partial charge is 0.339 e. The van der Waals surface area contributed by atoms with Crippen LogP contribution in [0, 0.1) is 5.92 Å². The first-order valence-electron chi connectivity index (χ1n) is 9.19. The zero-order valence-electron chi connectivity index (χ0n) is 14.9. The molecule has 4 rings (SSSR count). The van der Waals surface area contributed by atoms with Crippen molar-refractivity contribution >= 4 is 28.7 Å². The summed E-state index contributed by atoms with van der Waals surface area (Å²) in [6.45, 7) is 3.72. The Labute approximate surface area is 158 Å². The number of nitrogens with one attached hydrogen (secondary N) is 1. The Morgan fingerprint density at radius 2 is 1.96 bits per heavy atom. The molecule has 1 fully saturated rings. The molecule has 0 saturated heterocycles. The summed E-state index contributed by atoms with van der Waals surface area (Å²) in [5, 5.41) is 0.888. The van der Waals surface area contributed by atoms with E-state index in [9.17, 15) is 4.79 Å². The molecule has 0 unspecified atom stereocenters. The van der Waals surface area contributed by atoms with Gasteiger partial charge >= 0.3 is 0 Å². The third-order valence-electron chi connectivity index (χ3n) is 4.82. The molecule has 0 spiro atoms. The lowest BCUT2D eigenvalue weighted by molar-refractivity contribution is 0.0756. The molecular formula is C21H23N3OS. The molecule has 0 atom stereocenters. The lowest BCUT2D eigenvalue weighted by atomic mass is 10.1. The highest BCUT2D eigenvalue weighted by molar-refractivity contribution is 7.98. The molecule has 1 heterocycles. The molecule has 1 N–H and O–H groups in total. The van der Waals surface area contributed by atoms with Gasteiger partial charge in [0.1, 0.15) is 0 Å². The Bertz CT molecular complexity index is 883. The number of carbonyl (C=O) groups excluding carboxylic acids is 1. The maximum absolute atomic E-state index is 13.0. The Balaban J connectivity index is 1.50. The molecule has 0 aliphatic heterocycles. The van der Waals surface area contributed by atoms with Crippen molar-refractivity contribution in [3.8, 4) is 0 Å². The van der Waals surface area contributed by atoms with Crippen molar-refractivity contribution in [1.82, 2.24) is 14.9 Å². The number of para-hydroxylation sites is 2. The molecule has 1 saturated carbocycles. The van der Waals surface area contributed by atoms with Crippen molar-refractivity contribution < 1.29 is 4.79 Å². The number of fused-ring (bicyclic) bond motifs is 1. The summed E-state index contributed by atoms with van der Waals surface area (Å²) < 4.78 is 0. The van der Waals surface area contributed by atoms with E-state index >= 15 is 0 Å². The van der Waals surface area contributed by atoms with Gasteiger partial charge in [-0.15, -0.1) is 0 Å². The van der Waals surface area contributed by atoms with Crippen molar-refractivity contribution in [3.63, 3.8) is 0 Å². The minimum atomic E-state index is 0.153. The predicted octanol–water partition coefficient (Wildman–Crippen LogP) is 4.73. The Kier molecular flexibility index (Phi) is 4.98. The minimum Gasteiger partial charge on any atom is -0.339 e. The summed E-state index contributed by atoms with van der Waals surface area (Å²) in [6, 6.07) is 16.0. The fraction of sp³-hybridized carbons (Fsp3) is 0.333. The van der Waals surface area contributed by atoms with E-state index in [2.05, 4.69) is 16.9 Å². The van der Waals surface area contributed by atoms with Gasteiger partial charge in [-0.2, -0.15) is 0 Å². The number of thioether (sulfide) groups is 1. The monoisotopic (exact) mass is 365 g/mol. The van der Waals surface area contributed by atoms with Crippen molar-refractivity contribution in [3.05, 3.63) is 59.7 Å². The highest BCUT2D eigenvalue weighted by atomic mass is 32.2. The fourth-order valence-corrected chi connectivity index (χ4v) is 4.03. The van der Waals surface area contributed by atoms with E-state index in [0.29, 0.717) is 5.92 Å². The molecule has 4 nitrogen and oxygen atoms in total. The standard InChI is InChI=1S/C21H23N3OS/c1-2-24(13-15-11-12-15)20(25)17-8-4-3-7-16(17)14-26-21-22-18-9-5-6-10-19(18)23-21/h3-10,15H,2,11-14H2,1H3,(H,22,23). The molecule has 0 bridgehead atoms. The first kappa shape index (κ1) is 17.2. The van der Waals surface area contributed by atoms with Crippen LogP contribution in [0.4, 0.5) is 0 Å². The molecule has 5 heteroatoms. The number of nitrogens with zero attached hydrogens (tertiary/aromatic N) is 2. The molecule has 2 aromatic carbocycles. The van der Waals surface area contributed by atoms with Crippen molar-refractivity contribution in [2.45, 2.75) is 30.7 Å². The molecule has 1 aromatic heterocycles. The minimum absolute atomic E-state index is 0.153. The maximum Gasteiger partial charge on any atom is 0.254 e. The number of H-pyrrole nitrogens is 1. The van der Waals surface area contributed by atoms with E-state index in [1.54, 1.807) is 11.8 Å². The quantitative estimate of drug-likeness (QED) is 0.616. The Morgan fingerprint density at radius 1 is 1.19 bits per heavy atom. The van der Waals surface area contributed by atoms with Crippen molar-refractivity contribution in [1.29, 1.82) is 0 Å². The summed E-state index contributed by atoms with van der Waals surface area (Å²) >= 11 is 1.64. The topological polar surface area (TPSA) is 49.0 Å². The number of hydrogen-bond acceptors (Lipinski definition) is 3. The number of benzene rings is 2. The van der Waals surface area contributed by atoms with Crippen LogP contribution in [0.15, 0.2) is 53.7 Å². The Hall–Kier alpha value is -2.27. The van der Waals surface area contributed by atoms with Crippen molar-refractivity contribution in [2.75, 3.05) is 13.1 Å². The number of amides is 1. The van der Waals surface area contributed by atoms with Crippen molar-refractivity contribution in [2.24, 2.45) is 5.92 Å². The van der Waals surface area contributed by atoms with Crippen LogP contribution < -0.4 is 0 Å². The summed E-state index contributed by atoms with van der Waals surface area (Å²) in [5.41, 5.74) is 3.90. The van der Waals surface area contributed by atoms with Gasteiger partial charge in [0.25, 0.3) is 5.91 Å². The highest BCUT2D eigenvalue weighted by Crippen LogP contribution is 2.31. The van der Waals surface area contributed by atoms with E-state index in [-0.39, 0.29) is 5.91 Å². The molecule has 1 aliphatic rings. The molecule has 1 amide bonds. The van der Waals surface area contributed by atoms with Gasteiger partial charge in [0.2, 0.25) is 0 Å². The van der Waals surface area contributed by atoms with Gasteiger partial charge in [0.15, 0.2) is 5.16 Å². The zero-order chi connectivity index (χ0) is 17.9. The zero-order valence-corrected chi connectivity index (χ0v) is 15.8. The van der Waals surface area contributed by atoms with Crippen LogP contribution in [0.5, 0.6) is 0 Å². The number of imidazole rings is 1. The van der Waals surface area contributed by atoms with Gasteiger partial charge in [-0.05, 0) is 49.4 Å². The normalized spacial score (nSPS) is 13.9. The van der Waals surface area contributed by atoms with Gasteiger partial charge < -0.3 is 9.88 Å². The second-order valence-corrected chi connectivity index (χ2v) is 7.76. The molecule has 1 aliphatic carbocycles. The van der Waals surface area contributed by atoms with E-state index in [1.807, 2.05) is 53.4 Å². The molecule has 134 valence electrons. The van der Waals surface area contributed by atoms with Crippen LogP contribution in [0.1, 0.15) is 35.7 Å². The van der Waals surface area contributed by atoms with Crippen LogP contribution in [-0.2, 0) is 5.75 Å². The van der Waals surface area contributed by atoms with Gasteiger partial charge in [-0.1, -0.05) is 42.1 Å². The van der Waals surface area contributed by atoms with E-state index in [4.69, 9.17) is 0 Å². The third kappa shape index (κ3) is 3.78. The van der Waals surface area contributed by atoms with E-state index in [1.165, 1.54) is 12.8 Å². The average molecular weight is 366 g/mol. The Morgan fingerprint density at radius 3 is 2.73 bits per heavy atom. The van der Waals surface area contributed by atoms with Crippen LogP contribution in [0.3, 0.4) is 0 Å². The van der Waals surface area contributed by atoms with Crippen LogP contribution in [0.25, 0.3) is 11.0 Å². The summed E-state index contributed by atoms with van der Waals surface area (Å²) in [6.07, 6.45) is 2.51. The third-order valence-corrected chi connectivity index (χ3v) is 5.75. The van der Waals surface area contributed by atoms with Gasteiger partial charge in [-0.25, -0.2) is 4.98 Å². The second-order valence-electron chi connectivity index (χ2n) is 6.79. The number of aromatic amines is 1. The second kappa shape index (κ2) is 7.54. The van der Waals surface area contributed by atoms with Crippen LogP contribution in [-0.4, -0.2) is 33.9 Å². The van der Waals surface area contributed by atoms with Crippen LogP contribution in [0.2, 0.25) is 0 Å². The van der Waals surface area contributed by atoms with Crippen LogP contribution >= 0.6 is 11.8 Å². The summed E-state index contributed by atoms with van der Waals surface area (Å²) in [4.78, 5) is 22.9. The summed E-state index contributed by atoms with van der Waals surface area (Å²) in [7, 11) is 0. The number of rotatable bonds is 7. The molecule has 3 aromatic rings. The highest BCUT2D eigenvalue weighted by Gasteiger charge is 2.27. The lowest BCUT2D eigenvalue weighted by Crippen LogP contribution is -2.33. The smallest absolute Gasteiger partial charge is 0.254 e. The van der Waals surface area contributed by atoms with E-state index < -0.39 is 0 Å². The number of hydrogen-bond donors (Lipinski definition) is 1. The molecular weight excluding hydrogens is 342 g/mol. The average Bonchev–Trinajstić information content (AvgIpc) is 3.40. The predicted molar refractivity (Wildman–Crippen MR) is 106 cm³/mol. The maximum atomic E-state index is 13.0. The van der Waals surface area contributed by atoms with Gasteiger partial charge in [0.05, 0.1) is 11.0 Å². The number of carbonyl (C=O) groups is 1. The lowest BCUT2D eigenvalue weighted by Gasteiger charge is -2.22. The summed E-state index contributed by atoms with van der Waals surface area (Å²) in [5.74, 6) is 1.58. The number of aromatic nitrogens is 2. The first-order valence-corrected chi connectivity index (χ1v) is 10.2. The molecule has 26 heavy (non-hydrogen) atoms.